The Labute approximate surface area is 95.2 Å². The summed E-state index contributed by atoms with van der Waals surface area (Å²) in [4.78, 5) is 15.4. The van der Waals surface area contributed by atoms with Crippen LogP contribution in [0, 0.1) is 6.92 Å². The third-order valence-electron chi connectivity index (χ3n) is 1.62. The van der Waals surface area contributed by atoms with Gasteiger partial charge in [-0.05, 0) is 39.8 Å². The van der Waals surface area contributed by atoms with Gasteiger partial charge < -0.3 is 4.74 Å². The van der Waals surface area contributed by atoms with Crippen LogP contribution in [-0.2, 0) is 4.74 Å². The molecule has 0 fully saturated rings. The van der Waals surface area contributed by atoms with Crippen LogP contribution < -0.4 is 10.9 Å². The summed E-state index contributed by atoms with van der Waals surface area (Å²) in [7, 11) is 0. The van der Waals surface area contributed by atoms with E-state index in [-0.39, 0.29) is 0 Å². The normalized spacial score (nSPS) is 10.8. The number of nitrogens with zero attached hydrogens (tertiary/aromatic N) is 1. The third kappa shape index (κ3) is 4.63. The number of hydrogen-bond acceptors (Lipinski definition) is 4. The molecule has 0 spiro atoms. The predicted octanol–water partition coefficient (Wildman–Crippen LogP) is 2.24. The zero-order chi connectivity index (χ0) is 12.2. The average Bonchev–Trinajstić information content (AvgIpc) is 2.14. The molecule has 0 bridgehead atoms. The number of amides is 1. The molecule has 0 saturated carbocycles. The quantitative estimate of drug-likeness (QED) is 0.755. The highest BCUT2D eigenvalue weighted by Crippen LogP contribution is 2.07. The molecule has 0 aliphatic heterocycles. The van der Waals surface area contributed by atoms with Gasteiger partial charge in [-0.15, -0.1) is 0 Å². The second kappa shape index (κ2) is 4.83. The molecule has 0 atom stereocenters. The first-order chi connectivity index (χ1) is 7.37. The van der Waals surface area contributed by atoms with Crippen LogP contribution in [0.5, 0.6) is 0 Å². The number of anilines is 1. The molecule has 2 N–H and O–H groups in total. The van der Waals surface area contributed by atoms with E-state index < -0.39 is 11.7 Å². The second-order valence-corrected chi connectivity index (χ2v) is 4.44. The Bertz CT molecular complexity index is 354. The topological polar surface area (TPSA) is 63.2 Å². The number of aromatic nitrogens is 1. The molecule has 5 nitrogen and oxygen atoms in total. The lowest BCUT2D eigenvalue weighted by Gasteiger charge is -2.20. The smallest absolute Gasteiger partial charge is 0.426 e. The number of nitrogens with one attached hydrogen (secondary N) is 2. The van der Waals surface area contributed by atoms with Crippen LogP contribution >= 0.6 is 0 Å². The molecule has 0 aliphatic rings. The van der Waals surface area contributed by atoms with Gasteiger partial charge >= 0.3 is 6.09 Å². The van der Waals surface area contributed by atoms with E-state index in [1.165, 1.54) is 0 Å². The number of pyridine rings is 1. The molecular formula is C11H17N3O2. The Morgan fingerprint density at radius 2 is 2.06 bits per heavy atom. The standard InChI is InChI=1S/C11H17N3O2/c1-8-5-6-9(7-12-8)13-14-10(15)16-11(2,3)4/h5-7,13H,1-4H3,(H,14,15). The van der Waals surface area contributed by atoms with E-state index in [9.17, 15) is 4.79 Å². The van der Waals surface area contributed by atoms with Gasteiger partial charge in [0.2, 0.25) is 0 Å². The predicted molar refractivity (Wildman–Crippen MR) is 62.0 cm³/mol. The molecule has 0 saturated heterocycles. The van der Waals surface area contributed by atoms with Crippen molar-refractivity contribution in [2.45, 2.75) is 33.3 Å². The number of carbonyl (C=O) groups excluding carboxylic acids is 1. The van der Waals surface area contributed by atoms with Gasteiger partial charge in [-0.2, -0.15) is 0 Å². The van der Waals surface area contributed by atoms with Crippen molar-refractivity contribution in [1.29, 1.82) is 0 Å². The SMILES string of the molecule is Cc1ccc(NNC(=O)OC(C)(C)C)cn1. The summed E-state index contributed by atoms with van der Waals surface area (Å²) in [5.74, 6) is 0. The number of carbonyl (C=O) groups is 1. The van der Waals surface area contributed by atoms with E-state index in [4.69, 9.17) is 4.74 Å². The van der Waals surface area contributed by atoms with Crippen LogP contribution in [-0.4, -0.2) is 16.7 Å². The van der Waals surface area contributed by atoms with Crippen molar-refractivity contribution in [3.8, 4) is 0 Å². The molecule has 0 unspecified atom stereocenters. The Hall–Kier alpha value is -1.78. The molecule has 1 aromatic rings. The summed E-state index contributed by atoms with van der Waals surface area (Å²) < 4.78 is 5.05. The van der Waals surface area contributed by atoms with Crippen molar-refractivity contribution >= 4 is 11.8 Å². The highest BCUT2D eigenvalue weighted by atomic mass is 16.6. The first-order valence-electron chi connectivity index (χ1n) is 5.04. The highest BCUT2D eigenvalue weighted by molar-refractivity contribution is 5.69. The summed E-state index contributed by atoms with van der Waals surface area (Å²) in [6.07, 6.45) is 1.11. The molecule has 0 radical (unpaired) electrons. The monoisotopic (exact) mass is 223 g/mol. The first-order valence-corrected chi connectivity index (χ1v) is 5.04. The van der Waals surface area contributed by atoms with Gasteiger partial charge in [0.15, 0.2) is 0 Å². The number of rotatable bonds is 2. The molecule has 0 aromatic carbocycles. The van der Waals surface area contributed by atoms with Crippen molar-refractivity contribution in [3.63, 3.8) is 0 Å². The molecule has 1 rings (SSSR count). The van der Waals surface area contributed by atoms with Gasteiger partial charge in [0.05, 0.1) is 11.9 Å². The van der Waals surface area contributed by atoms with Gasteiger partial charge in [-0.25, -0.2) is 10.2 Å². The Kier molecular flexibility index (Phi) is 3.71. The maximum atomic E-state index is 11.3. The van der Waals surface area contributed by atoms with E-state index in [0.29, 0.717) is 5.69 Å². The first kappa shape index (κ1) is 12.3. The van der Waals surface area contributed by atoms with E-state index in [0.717, 1.165) is 5.69 Å². The van der Waals surface area contributed by atoms with Crippen LogP contribution in [0.3, 0.4) is 0 Å². The second-order valence-electron chi connectivity index (χ2n) is 4.44. The minimum Gasteiger partial charge on any atom is -0.443 e. The number of aryl methyl sites for hydroxylation is 1. The summed E-state index contributed by atoms with van der Waals surface area (Å²) in [5, 5.41) is 0. The molecule has 88 valence electrons. The van der Waals surface area contributed by atoms with Crippen LogP contribution in [0.4, 0.5) is 10.5 Å². The van der Waals surface area contributed by atoms with Crippen molar-refractivity contribution in [3.05, 3.63) is 24.0 Å². The maximum Gasteiger partial charge on any atom is 0.426 e. The van der Waals surface area contributed by atoms with Gasteiger partial charge in [0.1, 0.15) is 5.60 Å². The minimum absolute atomic E-state index is 0.503. The van der Waals surface area contributed by atoms with Gasteiger partial charge in [0, 0.05) is 5.69 Å². The Morgan fingerprint density at radius 1 is 1.38 bits per heavy atom. The fourth-order valence-electron chi connectivity index (χ4n) is 0.969. The third-order valence-corrected chi connectivity index (χ3v) is 1.62. The number of ether oxygens (including phenoxy) is 1. The molecular weight excluding hydrogens is 206 g/mol. The van der Waals surface area contributed by atoms with Gasteiger partial charge in [-0.3, -0.25) is 10.4 Å². The highest BCUT2D eigenvalue weighted by Gasteiger charge is 2.15. The number of hydrazine groups is 1. The molecule has 1 heterocycles. The summed E-state index contributed by atoms with van der Waals surface area (Å²) in [6.45, 7) is 7.31. The summed E-state index contributed by atoms with van der Waals surface area (Å²) >= 11 is 0. The van der Waals surface area contributed by atoms with Gasteiger partial charge in [0.25, 0.3) is 0 Å². The zero-order valence-electron chi connectivity index (χ0n) is 10.00. The summed E-state index contributed by atoms with van der Waals surface area (Å²) in [5.41, 5.74) is 6.25. The molecule has 1 amide bonds. The van der Waals surface area contributed by atoms with Crippen molar-refractivity contribution in [2.24, 2.45) is 0 Å². The lowest BCUT2D eigenvalue weighted by atomic mass is 10.2. The molecule has 16 heavy (non-hydrogen) atoms. The lowest BCUT2D eigenvalue weighted by Crippen LogP contribution is -2.35. The van der Waals surface area contributed by atoms with Crippen molar-refractivity contribution in [1.82, 2.24) is 10.4 Å². The molecule has 1 aromatic heterocycles. The van der Waals surface area contributed by atoms with E-state index in [1.54, 1.807) is 27.0 Å². The maximum absolute atomic E-state index is 11.3. The Morgan fingerprint density at radius 3 is 2.56 bits per heavy atom. The minimum atomic E-state index is -0.520. The van der Waals surface area contributed by atoms with Crippen molar-refractivity contribution in [2.75, 3.05) is 5.43 Å². The largest absolute Gasteiger partial charge is 0.443 e. The van der Waals surface area contributed by atoms with Crippen molar-refractivity contribution < 1.29 is 9.53 Å². The zero-order valence-corrected chi connectivity index (χ0v) is 10.00. The van der Waals surface area contributed by atoms with E-state index in [1.807, 2.05) is 19.1 Å². The van der Waals surface area contributed by atoms with E-state index in [2.05, 4.69) is 15.8 Å². The Balaban J connectivity index is 2.40. The summed E-state index contributed by atoms with van der Waals surface area (Å²) in [6, 6.07) is 3.67. The van der Waals surface area contributed by atoms with Crippen LogP contribution in [0.15, 0.2) is 18.3 Å². The van der Waals surface area contributed by atoms with Crippen LogP contribution in [0.2, 0.25) is 0 Å². The fraction of sp³-hybridized carbons (Fsp3) is 0.455. The van der Waals surface area contributed by atoms with Crippen LogP contribution in [0.1, 0.15) is 26.5 Å². The fourth-order valence-corrected chi connectivity index (χ4v) is 0.969. The van der Waals surface area contributed by atoms with E-state index >= 15 is 0 Å². The molecule has 5 heteroatoms. The van der Waals surface area contributed by atoms with Crippen LogP contribution in [0.25, 0.3) is 0 Å². The van der Waals surface area contributed by atoms with Gasteiger partial charge in [-0.1, -0.05) is 0 Å². The number of hydrogen-bond donors (Lipinski definition) is 2. The average molecular weight is 223 g/mol. The lowest BCUT2D eigenvalue weighted by molar-refractivity contribution is 0.0541. The molecule has 0 aliphatic carbocycles.